The number of carbonyl (C=O) groups is 3. The number of amides is 3. The maximum atomic E-state index is 13.1. The summed E-state index contributed by atoms with van der Waals surface area (Å²) in [6.45, 7) is 1.40. The van der Waals surface area contributed by atoms with Crippen molar-refractivity contribution in [2.75, 3.05) is 19.6 Å². The highest BCUT2D eigenvalue weighted by Gasteiger charge is 2.44. The highest BCUT2D eigenvalue weighted by Crippen LogP contribution is 2.28. The number of halogens is 1. The van der Waals surface area contributed by atoms with Gasteiger partial charge in [0.1, 0.15) is 0 Å². The number of nitrogens with two attached hydrogens (primary N) is 3. The molecule has 3 aliphatic heterocycles. The second-order valence-corrected chi connectivity index (χ2v) is 10.5. The molecule has 43 heavy (non-hydrogen) atoms. The number of rotatable bonds is 8. The predicted octanol–water partition coefficient (Wildman–Crippen LogP) is 0.255. The molecule has 228 valence electrons. The van der Waals surface area contributed by atoms with Gasteiger partial charge in [0.2, 0.25) is 17.7 Å². The van der Waals surface area contributed by atoms with Crippen molar-refractivity contribution in [1.29, 1.82) is 0 Å². The first-order valence-corrected chi connectivity index (χ1v) is 13.7. The fourth-order valence-corrected chi connectivity index (χ4v) is 5.16. The highest BCUT2D eigenvalue weighted by molar-refractivity contribution is 6.30. The molecule has 0 aliphatic carbocycles. The van der Waals surface area contributed by atoms with Crippen molar-refractivity contribution in [2.24, 2.45) is 53.4 Å². The zero-order valence-corrected chi connectivity index (χ0v) is 23.8. The number of piperidine rings is 1. The monoisotopic (exact) mass is 614 g/mol. The minimum absolute atomic E-state index is 0.0379. The average molecular weight is 615 g/mol. The first-order chi connectivity index (χ1) is 20.7. The summed E-state index contributed by atoms with van der Waals surface area (Å²) in [5.74, 6) is 14.9. The lowest BCUT2D eigenvalue weighted by atomic mass is 9.88. The van der Waals surface area contributed by atoms with Crippen LogP contribution in [0, 0.1) is 4.91 Å². The number of aliphatic imine (C=N–C) groups is 2. The van der Waals surface area contributed by atoms with E-state index in [1.807, 2.05) is 29.2 Å². The Balaban J connectivity index is 1.30. The lowest BCUT2D eigenvalue weighted by molar-refractivity contribution is -0.132. The number of amidine groups is 1. The van der Waals surface area contributed by atoms with E-state index in [-0.39, 0.29) is 35.1 Å². The van der Waals surface area contributed by atoms with E-state index in [1.54, 1.807) is 0 Å². The molecular weight excluding hydrogens is 584 g/mol. The molecule has 2 saturated heterocycles. The van der Waals surface area contributed by atoms with Gasteiger partial charge in [-0.2, -0.15) is 4.99 Å². The summed E-state index contributed by atoms with van der Waals surface area (Å²) in [6, 6.07) is 6.38. The molecule has 3 amide bonds. The van der Waals surface area contributed by atoms with E-state index in [0.717, 1.165) is 11.1 Å². The van der Waals surface area contributed by atoms with Gasteiger partial charge in [0.25, 0.3) is 11.8 Å². The third kappa shape index (κ3) is 7.72. The molecule has 18 nitrogen and oxygen atoms in total. The van der Waals surface area contributed by atoms with Gasteiger partial charge in [0.15, 0.2) is 17.0 Å². The van der Waals surface area contributed by atoms with Gasteiger partial charge in [-0.3, -0.25) is 19.4 Å². The number of hydrazine groups is 1. The van der Waals surface area contributed by atoms with Gasteiger partial charge in [0.05, 0.1) is 12.1 Å². The van der Waals surface area contributed by atoms with Crippen molar-refractivity contribution in [1.82, 2.24) is 20.5 Å². The van der Waals surface area contributed by atoms with Crippen LogP contribution >= 0.6 is 11.6 Å². The maximum Gasteiger partial charge on any atom is 0.286 e. The number of nitrogens with one attached hydrogen (secondary N) is 2. The molecule has 1 atom stereocenters. The highest BCUT2D eigenvalue weighted by atomic mass is 35.5. The number of hydrogen-bond donors (Lipinski definition) is 5. The summed E-state index contributed by atoms with van der Waals surface area (Å²) in [7, 11) is 0. The molecule has 1 unspecified atom stereocenters. The number of carbonyl (C=O) groups excluding carboxylic acids is 3. The topological polar surface area (TPSA) is 263 Å². The maximum absolute atomic E-state index is 13.1. The van der Waals surface area contributed by atoms with Gasteiger partial charge >= 0.3 is 0 Å². The van der Waals surface area contributed by atoms with Crippen LogP contribution in [0.3, 0.4) is 0 Å². The second kappa shape index (κ2) is 13.9. The van der Waals surface area contributed by atoms with E-state index < -0.39 is 23.4 Å². The number of nitrogens with zero attached hydrogens (tertiary/aromatic N) is 9. The molecule has 1 spiro atoms. The van der Waals surface area contributed by atoms with Gasteiger partial charge < -0.3 is 27.2 Å². The van der Waals surface area contributed by atoms with Crippen molar-refractivity contribution >= 4 is 41.1 Å². The molecular formula is C24H31ClN14O4. The fourth-order valence-electron chi connectivity index (χ4n) is 4.97. The molecule has 4 rings (SSSR count). The molecule has 3 heterocycles. The van der Waals surface area contributed by atoms with Crippen LogP contribution in [-0.4, -0.2) is 70.6 Å². The Morgan fingerprint density at radius 1 is 1.02 bits per heavy atom. The van der Waals surface area contributed by atoms with Crippen molar-refractivity contribution in [3.8, 4) is 0 Å². The molecule has 1 aromatic rings. The standard InChI is InChI=1S/C24H31ClN14O4/c25-19-21(34-37-27)30-20(33-36-26)18(29-19)22(42)31-23-32-24(13-39(23)28)9-11-38(12-10-24)17(41)8-6-15-3-1-14(2-4-15)5-7-16(40)35-43/h1-4,18,29H,5-13,28H2,(H2,27,34)(H2,26,30,33)(H,31,32,42). The molecule has 8 N–H and O–H groups in total. The first-order valence-electron chi connectivity index (χ1n) is 13.3. The zero-order chi connectivity index (χ0) is 31.0. The summed E-state index contributed by atoms with van der Waals surface area (Å²) in [6.07, 6.45) is 2.63. The van der Waals surface area contributed by atoms with E-state index >= 15 is 0 Å². The van der Waals surface area contributed by atoms with Gasteiger partial charge in [0, 0.05) is 31.1 Å². The smallest absolute Gasteiger partial charge is 0.286 e. The van der Waals surface area contributed by atoms with E-state index in [4.69, 9.17) is 29.1 Å². The van der Waals surface area contributed by atoms with Gasteiger partial charge in [-0.1, -0.05) is 46.3 Å². The minimum Gasteiger partial charge on any atom is -0.355 e. The van der Waals surface area contributed by atoms with Crippen LogP contribution in [0.25, 0.3) is 0 Å². The Bertz CT molecular complexity index is 1400. The van der Waals surface area contributed by atoms with Crippen molar-refractivity contribution in [3.05, 3.63) is 51.3 Å². The van der Waals surface area contributed by atoms with E-state index in [9.17, 15) is 19.3 Å². The number of benzene rings is 1. The first kappa shape index (κ1) is 31.1. The molecule has 2 fully saturated rings. The molecule has 3 aliphatic rings. The molecule has 1 aromatic carbocycles. The normalized spacial score (nSPS) is 20.9. The quantitative estimate of drug-likeness (QED) is 0.0875. The average Bonchev–Trinajstić information content (AvgIpc) is 3.30. The van der Waals surface area contributed by atoms with Crippen molar-refractivity contribution in [2.45, 2.75) is 50.1 Å². The Hall–Kier alpha value is -4.84. The molecule has 0 aromatic heterocycles. The van der Waals surface area contributed by atoms with Crippen LogP contribution in [0.5, 0.6) is 0 Å². The largest absolute Gasteiger partial charge is 0.355 e. The molecule has 0 bridgehead atoms. The van der Waals surface area contributed by atoms with E-state index in [2.05, 4.69) is 46.5 Å². The van der Waals surface area contributed by atoms with Crippen LogP contribution in [0.4, 0.5) is 0 Å². The Kier molecular flexibility index (Phi) is 10.0. The van der Waals surface area contributed by atoms with Crippen LogP contribution in [-0.2, 0) is 27.2 Å². The SMILES string of the molecule is NN=NC1=NC(N=NN)=C(Cl)NC1C(=O)/N=C1/NC2(CCN(C(=O)CCc3ccc(CCC(=O)N=O)cc3)CC2)CN1N. The Morgan fingerprint density at radius 3 is 2.26 bits per heavy atom. The van der Waals surface area contributed by atoms with Crippen molar-refractivity contribution < 1.29 is 14.4 Å². The summed E-state index contributed by atoms with van der Waals surface area (Å²) < 4.78 is 0. The number of aryl methyl sites for hydroxylation is 2. The van der Waals surface area contributed by atoms with E-state index in [0.29, 0.717) is 51.7 Å². The van der Waals surface area contributed by atoms with Gasteiger partial charge in [-0.05, 0) is 36.8 Å². The van der Waals surface area contributed by atoms with Gasteiger partial charge in [-0.15, -0.1) is 15.1 Å². The molecule has 19 heteroatoms. The number of hydrogen-bond acceptors (Lipinski definition) is 11. The summed E-state index contributed by atoms with van der Waals surface area (Å²) in [5.41, 5.74) is 1.45. The summed E-state index contributed by atoms with van der Waals surface area (Å²) >= 11 is 6.10. The number of guanidine groups is 1. The number of nitroso groups, excluding NO2 is 1. The third-order valence-electron chi connectivity index (χ3n) is 7.30. The third-order valence-corrected chi connectivity index (χ3v) is 7.58. The van der Waals surface area contributed by atoms with Crippen LogP contribution in [0.2, 0.25) is 0 Å². The van der Waals surface area contributed by atoms with Gasteiger partial charge in [-0.25, -0.2) is 10.8 Å². The molecule has 0 saturated carbocycles. The zero-order valence-electron chi connectivity index (χ0n) is 23.0. The Labute approximate surface area is 250 Å². The second-order valence-electron chi connectivity index (χ2n) is 10.1. The predicted molar refractivity (Wildman–Crippen MR) is 154 cm³/mol. The van der Waals surface area contributed by atoms with Crippen LogP contribution < -0.4 is 28.2 Å². The summed E-state index contributed by atoms with van der Waals surface area (Å²) in [5, 5.41) is 23.1. The fraction of sp³-hybridized carbons (Fsp3) is 0.458. The van der Waals surface area contributed by atoms with Crippen LogP contribution in [0.15, 0.2) is 71.1 Å². The lowest BCUT2D eigenvalue weighted by Gasteiger charge is -2.38. The number of likely N-dealkylation sites (tertiary alicyclic amines) is 1. The summed E-state index contributed by atoms with van der Waals surface area (Å²) in [4.78, 5) is 57.2. The van der Waals surface area contributed by atoms with E-state index in [1.165, 1.54) is 5.01 Å². The Morgan fingerprint density at radius 2 is 1.65 bits per heavy atom. The lowest BCUT2D eigenvalue weighted by Crippen LogP contribution is -2.54. The minimum atomic E-state index is -1.21. The van der Waals surface area contributed by atoms with Crippen LogP contribution in [0.1, 0.15) is 36.8 Å². The van der Waals surface area contributed by atoms with Crippen molar-refractivity contribution in [3.63, 3.8) is 0 Å². The molecule has 0 radical (unpaired) electrons.